The van der Waals surface area contributed by atoms with Crippen molar-refractivity contribution in [1.82, 2.24) is 10.4 Å². The first kappa shape index (κ1) is 15.0. The normalized spacial score (nSPS) is 10.7. The fourth-order valence-electron chi connectivity index (χ4n) is 1.53. The molecule has 0 amide bonds. The molecule has 7 heteroatoms. The van der Waals surface area contributed by atoms with E-state index in [1.807, 2.05) is 0 Å². The Balaban J connectivity index is 1.68. The average molecular weight is 305 g/mol. The first-order chi connectivity index (χ1) is 10.2. The summed E-state index contributed by atoms with van der Waals surface area (Å²) in [6, 6.07) is 6.81. The van der Waals surface area contributed by atoms with Crippen LogP contribution in [-0.2, 0) is 11.3 Å². The predicted octanol–water partition coefficient (Wildman–Crippen LogP) is 2.09. The van der Waals surface area contributed by atoms with Gasteiger partial charge in [-0.2, -0.15) is 5.10 Å². The van der Waals surface area contributed by atoms with Gasteiger partial charge < -0.3 is 15.3 Å². The van der Waals surface area contributed by atoms with Gasteiger partial charge in [0.2, 0.25) is 0 Å². The van der Waals surface area contributed by atoms with Gasteiger partial charge in [-0.3, -0.25) is 0 Å². The molecule has 0 saturated heterocycles. The van der Waals surface area contributed by atoms with E-state index in [-0.39, 0.29) is 18.3 Å². The number of nitrogens with one attached hydrogen (secondary N) is 1. The molecular formula is C14H15N3O3S. The van der Waals surface area contributed by atoms with Crippen LogP contribution in [-0.4, -0.2) is 28.9 Å². The smallest absolute Gasteiger partial charge is 0.350 e. The molecule has 0 aliphatic heterocycles. The Bertz CT molecular complexity index is 623. The third kappa shape index (κ3) is 4.57. The van der Waals surface area contributed by atoms with Gasteiger partial charge in [0.25, 0.3) is 0 Å². The van der Waals surface area contributed by atoms with Crippen LogP contribution in [0, 0.1) is 6.92 Å². The van der Waals surface area contributed by atoms with Crippen LogP contribution < -0.4 is 5.43 Å². The number of aryl methyl sites for hydroxylation is 1. The molecule has 21 heavy (non-hydrogen) atoms. The second kappa shape index (κ2) is 7.39. The largest absolute Gasteiger partial charge is 0.508 e. The van der Waals surface area contributed by atoms with E-state index in [1.165, 1.54) is 17.6 Å². The molecule has 0 aliphatic rings. The number of hydrogen-bond donors (Lipinski definition) is 2. The monoisotopic (exact) mass is 305 g/mol. The molecule has 1 aromatic heterocycles. The number of phenolic OH excluding ortho intramolecular Hbond substituents is 1. The highest BCUT2D eigenvalue weighted by atomic mass is 32.1. The van der Waals surface area contributed by atoms with Gasteiger partial charge in [-0.1, -0.05) is 12.1 Å². The Morgan fingerprint density at radius 2 is 2.24 bits per heavy atom. The second-order valence-electron chi connectivity index (χ2n) is 4.18. The summed E-state index contributed by atoms with van der Waals surface area (Å²) in [4.78, 5) is 16.2. The molecule has 2 rings (SSSR count). The minimum absolute atomic E-state index is 0.0960. The molecule has 110 valence electrons. The average Bonchev–Trinajstić information content (AvgIpc) is 2.90. The molecule has 0 spiro atoms. The summed E-state index contributed by atoms with van der Waals surface area (Å²) in [5, 5.41) is 13.1. The van der Waals surface area contributed by atoms with Crippen molar-refractivity contribution in [3.8, 4) is 5.75 Å². The number of hydrogen-bond acceptors (Lipinski definition) is 7. The van der Waals surface area contributed by atoms with Crippen LogP contribution >= 0.6 is 11.3 Å². The number of phenols is 1. The van der Waals surface area contributed by atoms with Crippen molar-refractivity contribution >= 4 is 23.5 Å². The number of carbonyl (C=O) groups excluding carboxylic acids is 1. The lowest BCUT2D eigenvalue weighted by Crippen LogP contribution is -2.10. The van der Waals surface area contributed by atoms with Crippen LogP contribution in [0.4, 0.5) is 0 Å². The number of aromatic nitrogens is 1. The Kier molecular flexibility index (Phi) is 5.28. The number of aromatic hydroxyl groups is 1. The lowest BCUT2D eigenvalue weighted by atomic mass is 10.2. The van der Waals surface area contributed by atoms with Crippen LogP contribution in [0.5, 0.6) is 5.75 Å². The summed E-state index contributed by atoms with van der Waals surface area (Å²) < 4.78 is 5.04. The molecule has 0 saturated carbocycles. The van der Waals surface area contributed by atoms with E-state index in [0.29, 0.717) is 17.1 Å². The topological polar surface area (TPSA) is 83.8 Å². The van der Waals surface area contributed by atoms with Crippen molar-refractivity contribution in [2.75, 3.05) is 6.61 Å². The molecule has 0 atom stereocenters. The van der Waals surface area contributed by atoms with Crippen LogP contribution in [0.25, 0.3) is 0 Å². The molecule has 0 radical (unpaired) electrons. The first-order valence-corrected chi connectivity index (χ1v) is 7.14. The molecule has 1 aromatic carbocycles. The van der Waals surface area contributed by atoms with Crippen molar-refractivity contribution in [3.63, 3.8) is 0 Å². The van der Waals surface area contributed by atoms with Crippen LogP contribution in [0.15, 0.2) is 34.9 Å². The molecule has 0 bridgehead atoms. The van der Waals surface area contributed by atoms with Crippen LogP contribution in [0.2, 0.25) is 0 Å². The molecule has 6 nitrogen and oxygen atoms in total. The predicted molar refractivity (Wildman–Crippen MR) is 80.6 cm³/mol. The van der Waals surface area contributed by atoms with E-state index in [2.05, 4.69) is 15.5 Å². The number of hydrazone groups is 1. The Labute approximate surface area is 126 Å². The fraction of sp³-hybridized carbons (Fsp3) is 0.214. The van der Waals surface area contributed by atoms with Gasteiger partial charge in [-0.05, 0) is 24.6 Å². The van der Waals surface area contributed by atoms with Gasteiger partial charge in [-0.25, -0.2) is 9.78 Å². The zero-order valence-electron chi connectivity index (χ0n) is 11.4. The Morgan fingerprint density at radius 3 is 2.90 bits per heavy atom. The van der Waals surface area contributed by atoms with E-state index < -0.39 is 0 Å². The van der Waals surface area contributed by atoms with E-state index in [4.69, 9.17) is 9.84 Å². The highest BCUT2D eigenvalue weighted by Crippen LogP contribution is 2.13. The highest BCUT2D eigenvalue weighted by molar-refractivity contribution is 7.11. The lowest BCUT2D eigenvalue weighted by molar-refractivity contribution is 0.0571. The van der Waals surface area contributed by atoms with Crippen LogP contribution in [0.1, 0.15) is 20.9 Å². The van der Waals surface area contributed by atoms with E-state index >= 15 is 0 Å². The standard InChI is InChI=1S/C14H15N3O3S/c1-10-13(21-9-15-10)14(19)20-7-6-16-17-8-11-2-4-12(18)5-3-11/h2-6,9,17-18H,7-8H2,1H3/b16-6+. The van der Waals surface area contributed by atoms with Crippen molar-refractivity contribution in [2.45, 2.75) is 13.5 Å². The van der Waals surface area contributed by atoms with Crippen LogP contribution in [0.3, 0.4) is 0 Å². The maximum atomic E-state index is 11.7. The maximum Gasteiger partial charge on any atom is 0.350 e. The van der Waals surface area contributed by atoms with Crippen molar-refractivity contribution < 1.29 is 14.6 Å². The minimum Gasteiger partial charge on any atom is -0.508 e. The first-order valence-electron chi connectivity index (χ1n) is 6.26. The van der Waals surface area contributed by atoms with Gasteiger partial charge in [0, 0.05) is 0 Å². The summed E-state index contributed by atoms with van der Waals surface area (Å²) >= 11 is 1.26. The van der Waals surface area contributed by atoms with Gasteiger partial charge in [-0.15, -0.1) is 11.3 Å². The molecule has 2 aromatic rings. The van der Waals surface area contributed by atoms with Crippen molar-refractivity contribution in [2.24, 2.45) is 5.10 Å². The van der Waals surface area contributed by atoms with Crippen molar-refractivity contribution in [1.29, 1.82) is 0 Å². The maximum absolute atomic E-state index is 11.7. The third-order valence-corrected chi connectivity index (χ3v) is 3.53. The van der Waals surface area contributed by atoms with Gasteiger partial charge in [0.15, 0.2) is 0 Å². The zero-order valence-corrected chi connectivity index (χ0v) is 12.3. The number of carbonyl (C=O) groups is 1. The third-order valence-electron chi connectivity index (χ3n) is 2.62. The van der Waals surface area contributed by atoms with Gasteiger partial charge in [0.05, 0.1) is 24.0 Å². The highest BCUT2D eigenvalue weighted by Gasteiger charge is 2.12. The molecule has 0 unspecified atom stereocenters. The summed E-state index contributed by atoms with van der Waals surface area (Å²) in [5.74, 6) is -0.160. The number of esters is 1. The molecule has 0 aliphatic carbocycles. The van der Waals surface area contributed by atoms with E-state index in [0.717, 1.165) is 5.56 Å². The SMILES string of the molecule is Cc1ncsc1C(=O)OC/C=N/NCc1ccc(O)cc1. The second-order valence-corrected chi connectivity index (χ2v) is 5.03. The number of ether oxygens (including phenoxy) is 1. The fourth-order valence-corrected chi connectivity index (χ4v) is 2.22. The van der Waals surface area contributed by atoms with E-state index in [1.54, 1.807) is 36.7 Å². The van der Waals surface area contributed by atoms with Gasteiger partial charge >= 0.3 is 5.97 Å². The Morgan fingerprint density at radius 1 is 1.48 bits per heavy atom. The minimum atomic E-state index is -0.389. The summed E-state index contributed by atoms with van der Waals surface area (Å²) in [5.41, 5.74) is 6.10. The molecule has 2 N–H and O–H groups in total. The number of nitrogens with zero attached hydrogens (tertiary/aromatic N) is 2. The van der Waals surface area contributed by atoms with Crippen molar-refractivity contribution in [3.05, 3.63) is 45.9 Å². The zero-order chi connectivity index (χ0) is 15.1. The molecule has 0 fully saturated rings. The summed E-state index contributed by atoms with van der Waals surface area (Å²) in [6.07, 6.45) is 1.48. The molecular weight excluding hydrogens is 290 g/mol. The lowest BCUT2D eigenvalue weighted by Gasteiger charge is -2.02. The number of rotatable bonds is 6. The Hall–Kier alpha value is -2.41. The number of thiazole rings is 1. The van der Waals surface area contributed by atoms with E-state index in [9.17, 15) is 4.79 Å². The summed E-state index contributed by atoms with van der Waals surface area (Å²) in [6.45, 7) is 2.39. The number of benzene rings is 1. The molecule has 1 heterocycles. The van der Waals surface area contributed by atoms with Gasteiger partial charge in [0.1, 0.15) is 17.2 Å². The quantitative estimate of drug-likeness (QED) is 0.485. The summed E-state index contributed by atoms with van der Waals surface area (Å²) in [7, 11) is 0.